The molecule has 1 fully saturated rings. The zero-order valence-electron chi connectivity index (χ0n) is 15.6. The van der Waals surface area contributed by atoms with Crippen LogP contribution in [0.4, 0.5) is 14.9 Å². The number of benzene rings is 2. The van der Waals surface area contributed by atoms with Gasteiger partial charge >= 0.3 is 0 Å². The Hall–Kier alpha value is -3.43. The van der Waals surface area contributed by atoms with Gasteiger partial charge in [0.2, 0.25) is 0 Å². The Labute approximate surface area is 184 Å². The summed E-state index contributed by atoms with van der Waals surface area (Å²) < 4.78 is 18.7. The molecule has 1 aliphatic rings. The number of thioether (sulfide) groups is 1. The number of furan rings is 1. The molecule has 31 heavy (non-hydrogen) atoms. The number of halogens is 2. The van der Waals surface area contributed by atoms with Crippen molar-refractivity contribution in [2.45, 2.75) is 6.54 Å². The monoisotopic (exact) mass is 458 g/mol. The highest BCUT2D eigenvalue weighted by molar-refractivity contribution is 8.18. The van der Waals surface area contributed by atoms with Gasteiger partial charge in [-0.05, 0) is 53.7 Å². The number of carbonyl (C=O) groups excluding carboxylic acids is 2. The van der Waals surface area contributed by atoms with Crippen LogP contribution in [0.1, 0.15) is 11.3 Å². The van der Waals surface area contributed by atoms with Crippen LogP contribution in [0.15, 0.2) is 63.9 Å². The van der Waals surface area contributed by atoms with E-state index < -0.39 is 21.9 Å². The molecule has 2 aromatic carbocycles. The van der Waals surface area contributed by atoms with Crippen LogP contribution in [0.3, 0.4) is 0 Å². The van der Waals surface area contributed by atoms with Crippen molar-refractivity contribution < 1.29 is 23.3 Å². The lowest BCUT2D eigenvalue weighted by molar-refractivity contribution is -0.384. The molecule has 7 nitrogen and oxygen atoms in total. The topological polar surface area (TPSA) is 93.7 Å². The number of rotatable bonds is 5. The predicted molar refractivity (Wildman–Crippen MR) is 114 cm³/mol. The van der Waals surface area contributed by atoms with Gasteiger partial charge in [0.15, 0.2) is 0 Å². The molecule has 10 heteroatoms. The number of nitro groups is 1. The molecule has 156 valence electrons. The van der Waals surface area contributed by atoms with Gasteiger partial charge in [0.05, 0.1) is 21.9 Å². The Bertz CT molecular complexity index is 1240. The fraction of sp³-hybridized carbons (Fsp3) is 0.0476. The highest BCUT2D eigenvalue weighted by Gasteiger charge is 2.35. The third-order valence-electron chi connectivity index (χ3n) is 4.45. The third-order valence-corrected chi connectivity index (χ3v) is 5.59. The summed E-state index contributed by atoms with van der Waals surface area (Å²) in [5, 5.41) is 11.1. The SMILES string of the molecule is O=C1S/C(=C\c2ccc(-c3ccc(Cl)cc3[N+](=O)[O-])o2)C(=O)N1Cc1ccc(F)cc1. The summed E-state index contributed by atoms with van der Waals surface area (Å²) >= 11 is 6.59. The number of imide groups is 1. The van der Waals surface area contributed by atoms with Crippen LogP contribution in [-0.2, 0) is 11.3 Å². The second-order valence-corrected chi connectivity index (χ2v) is 7.94. The summed E-state index contributed by atoms with van der Waals surface area (Å²) in [5.41, 5.74) is 0.631. The second-order valence-electron chi connectivity index (χ2n) is 6.51. The largest absolute Gasteiger partial charge is 0.456 e. The minimum atomic E-state index is -0.565. The Morgan fingerprint density at radius 2 is 1.87 bits per heavy atom. The van der Waals surface area contributed by atoms with Crippen LogP contribution in [0, 0.1) is 15.9 Å². The van der Waals surface area contributed by atoms with E-state index in [4.69, 9.17) is 16.0 Å². The molecule has 0 unspecified atom stereocenters. The zero-order chi connectivity index (χ0) is 22.1. The number of hydrogen-bond donors (Lipinski definition) is 0. The molecule has 0 atom stereocenters. The van der Waals surface area contributed by atoms with E-state index in [0.29, 0.717) is 5.56 Å². The Morgan fingerprint density at radius 3 is 2.58 bits per heavy atom. The highest BCUT2D eigenvalue weighted by atomic mass is 35.5. The summed E-state index contributed by atoms with van der Waals surface area (Å²) in [7, 11) is 0. The highest BCUT2D eigenvalue weighted by Crippen LogP contribution is 2.36. The number of carbonyl (C=O) groups is 2. The summed E-state index contributed by atoms with van der Waals surface area (Å²) in [6, 6.07) is 12.8. The third kappa shape index (κ3) is 4.37. The van der Waals surface area contributed by atoms with Gasteiger partial charge in [0.25, 0.3) is 16.8 Å². The molecule has 0 radical (unpaired) electrons. The zero-order valence-corrected chi connectivity index (χ0v) is 17.2. The molecule has 0 saturated carbocycles. The first-order valence-corrected chi connectivity index (χ1v) is 10.1. The summed E-state index contributed by atoms with van der Waals surface area (Å²) in [6.07, 6.45) is 1.40. The fourth-order valence-corrected chi connectivity index (χ4v) is 3.96. The quantitative estimate of drug-likeness (QED) is 0.269. The second kappa shape index (κ2) is 8.37. The molecule has 2 amide bonds. The van der Waals surface area contributed by atoms with Crippen molar-refractivity contribution in [2.24, 2.45) is 0 Å². The number of nitro benzene ring substituents is 1. The maximum absolute atomic E-state index is 13.1. The Kier molecular flexibility index (Phi) is 5.62. The summed E-state index contributed by atoms with van der Waals surface area (Å²) in [4.78, 5) is 36.9. The first-order chi connectivity index (χ1) is 14.8. The number of amides is 2. The van der Waals surface area contributed by atoms with E-state index in [1.165, 1.54) is 54.6 Å². The molecule has 0 aliphatic carbocycles. The van der Waals surface area contributed by atoms with Crippen molar-refractivity contribution in [3.8, 4) is 11.3 Å². The predicted octanol–water partition coefficient (Wildman–Crippen LogP) is 5.88. The minimum Gasteiger partial charge on any atom is -0.456 e. The minimum absolute atomic E-state index is 0.0165. The van der Waals surface area contributed by atoms with Gasteiger partial charge in [0.1, 0.15) is 17.3 Å². The number of nitrogens with zero attached hydrogens (tertiary/aromatic N) is 2. The Balaban J connectivity index is 1.57. The lowest BCUT2D eigenvalue weighted by atomic mass is 10.1. The average Bonchev–Trinajstić information content (AvgIpc) is 3.29. The van der Waals surface area contributed by atoms with Gasteiger partial charge in [0, 0.05) is 17.2 Å². The van der Waals surface area contributed by atoms with E-state index >= 15 is 0 Å². The first-order valence-electron chi connectivity index (χ1n) is 8.86. The maximum atomic E-state index is 13.1. The molecular weight excluding hydrogens is 447 g/mol. The summed E-state index contributed by atoms with van der Waals surface area (Å²) in [5.74, 6) is -0.436. The lowest BCUT2D eigenvalue weighted by Gasteiger charge is -2.12. The fourth-order valence-electron chi connectivity index (χ4n) is 2.98. The molecular formula is C21H12ClFN2O5S. The van der Waals surface area contributed by atoms with Crippen molar-refractivity contribution in [2.75, 3.05) is 0 Å². The van der Waals surface area contributed by atoms with Crippen molar-refractivity contribution in [1.82, 2.24) is 4.90 Å². The van der Waals surface area contributed by atoms with Crippen molar-refractivity contribution in [1.29, 1.82) is 0 Å². The average molecular weight is 459 g/mol. The van der Waals surface area contributed by atoms with Crippen LogP contribution in [-0.4, -0.2) is 21.0 Å². The molecule has 3 aromatic rings. The molecule has 1 aromatic heterocycles. The lowest BCUT2D eigenvalue weighted by Crippen LogP contribution is -2.27. The molecule has 4 rings (SSSR count). The van der Waals surface area contributed by atoms with Gasteiger partial charge in [-0.3, -0.25) is 24.6 Å². The van der Waals surface area contributed by atoms with Crippen LogP contribution in [0.25, 0.3) is 17.4 Å². The maximum Gasteiger partial charge on any atom is 0.293 e. The normalized spacial score (nSPS) is 15.2. The Morgan fingerprint density at radius 1 is 1.13 bits per heavy atom. The van der Waals surface area contributed by atoms with E-state index in [1.807, 2.05) is 0 Å². The molecule has 2 heterocycles. The van der Waals surface area contributed by atoms with E-state index in [1.54, 1.807) is 6.07 Å². The summed E-state index contributed by atoms with van der Waals surface area (Å²) in [6.45, 7) is 0.0165. The van der Waals surface area contributed by atoms with E-state index in [9.17, 15) is 24.1 Å². The number of hydrogen-bond acceptors (Lipinski definition) is 6. The molecule has 1 saturated heterocycles. The van der Waals surface area contributed by atoms with Gasteiger partial charge in [-0.1, -0.05) is 23.7 Å². The van der Waals surface area contributed by atoms with Crippen LogP contribution in [0.2, 0.25) is 5.02 Å². The smallest absolute Gasteiger partial charge is 0.293 e. The standard InChI is InChI=1S/C21H12ClFN2O5S/c22-13-3-7-16(17(9-13)25(28)29)18-8-6-15(30-18)10-19-20(26)24(21(27)31-19)11-12-1-4-14(23)5-2-12/h1-10H,11H2/b19-10-. The first kappa shape index (κ1) is 20.8. The molecule has 0 spiro atoms. The van der Waals surface area contributed by atoms with Gasteiger partial charge in [-0.25, -0.2) is 4.39 Å². The van der Waals surface area contributed by atoms with E-state index in [0.717, 1.165) is 16.7 Å². The molecule has 0 bridgehead atoms. The van der Waals surface area contributed by atoms with Crippen LogP contribution < -0.4 is 0 Å². The molecule has 0 N–H and O–H groups in total. The van der Waals surface area contributed by atoms with E-state index in [-0.39, 0.29) is 39.2 Å². The van der Waals surface area contributed by atoms with Crippen molar-refractivity contribution >= 4 is 46.3 Å². The molecule has 1 aliphatic heterocycles. The van der Waals surface area contributed by atoms with Crippen LogP contribution in [0.5, 0.6) is 0 Å². The van der Waals surface area contributed by atoms with E-state index in [2.05, 4.69) is 0 Å². The van der Waals surface area contributed by atoms with Gasteiger partial charge in [-0.2, -0.15) is 0 Å². The van der Waals surface area contributed by atoms with Gasteiger partial charge in [-0.15, -0.1) is 0 Å². The van der Waals surface area contributed by atoms with Crippen molar-refractivity contribution in [3.05, 3.63) is 91.8 Å². The van der Waals surface area contributed by atoms with Gasteiger partial charge < -0.3 is 4.42 Å². The van der Waals surface area contributed by atoms with Crippen molar-refractivity contribution in [3.63, 3.8) is 0 Å². The van der Waals surface area contributed by atoms with Crippen LogP contribution >= 0.6 is 23.4 Å².